The standard InChI is InChI=1S/C16H15FN2O2/c1-2-15(11-5-9-14(20)10-6-11)18-19-16(21)12-3-7-13(17)8-4-12/h3-10,20H,2H2,1H3,(H,19,21)/b18-15+. The molecule has 0 saturated heterocycles. The van der Waals surface area contributed by atoms with Gasteiger partial charge in [0.2, 0.25) is 0 Å². The molecular weight excluding hydrogens is 271 g/mol. The van der Waals surface area contributed by atoms with Crippen molar-refractivity contribution in [1.29, 1.82) is 0 Å². The molecule has 0 saturated carbocycles. The Morgan fingerprint density at radius 2 is 1.67 bits per heavy atom. The number of phenols is 1. The molecular formula is C16H15FN2O2. The van der Waals surface area contributed by atoms with E-state index in [1.54, 1.807) is 24.3 Å². The molecule has 0 bridgehead atoms. The van der Waals surface area contributed by atoms with Crippen LogP contribution in [0.3, 0.4) is 0 Å². The normalized spacial score (nSPS) is 11.2. The predicted molar refractivity (Wildman–Crippen MR) is 78.8 cm³/mol. The average Bonchev–Trinajstić information content (AvgIpc) is 2.50. The molecule has 2 aromatic rings. The maximum atomic E-state index is 12.8. The van der Waals surface area contributed by atoms with Crippen LogP contribution in [0.1, 0.15) is 29.3 Å². The summed E-state index contributed by atoms with van der Waals surface area (Å²) in [5.41, 5.74) is 4.28. The SMILES string of the molecule is CC/C(=N\NC(=O)c1ccc(F)cc1)c1ccc(O)cc1. The molecule has 2 rings (SSSR count). The van der Waals surface area contributed by atoms with Gasteiger partial charge in [0.05, 0.1) is 5.71 Å². The van der Waals surface area contributed by atoms with E-state index in [0.717, 1.165) is 5.56 Å². The first-order valence-corrected chi connectivity index (χ1v) is 6.52. The van der Waals surface area contributed by atoms with Crippen LogP contribution < -0.4 is 5.43 Å². The van der Waals surface area contributed by atoms with E-state index in [1.165, 1.54) is 24.3 Å². The lowest BCUT2D eigenvalue weighted by atomic mass is 10.1. The van der Waals surface area contributed by atoms with E-state index in [4.69, 9.17) is 0 Å². The maximum Gasteiger partial charge on any atom is 0.271 e. The second-order valence-corrected chi connectivity index (χ2v) is 4.41. The highest BCUT2D eigenvalue weighted by molar-refractivity contribution is 6.02. The van der Waals surface area contributed by atoms with Gasteiger partial charge in [0, 0.05) is 5.56 Å². The molecule has 0 fully saturated rings. The molecule has 0 atom stereocenters. The molecule has 0 heterocycles. The number of carbonyl (C=O) groups is 1. The highest BCUT2D eigenvalue weighted by Gasteiger charge is 2.06. The zero-order valence-corrected chi connectivity index (χ0v) is 11.5. The molecule has 0 aromatic heterocycles. The van der Waals surface area contributed by atoms with Crippen molar-refractivity contribution in [3.05, 3.63) is 65.5 Å². The number of hydrazone groups is 1. The van der Waals surface area contributed by atoms with Gasteiger partial charge in [-0.15, -0.1) is 0 Å². The molecule has 0 aliphatic rings. The number of carbonyl (C=O) groups excluding carboxylic acids is 1. The minimum atomic E-state index is -0.403. The van der Waals surface area contributed by atoms with Crippen molar-refractivity contribution in [1.82, 2.24) is 5.43 Å². The summed E-state index contributed by atoms with van der Waals surface area (Å²) >= 11 is 0. The third kappa shape index (κ3) is 3.89. The number of hydrogen-bond acceptors (Lipinski definition) is 3. The number of aromatic hydroxyl groups is 1. The molecule has 5 heteroatoms. The van der Waals surface area contributed by atoms with Crippen LogP contribution in [-0.2, 0) is 0 Å². The zero-order chi connectivity index (χ0) is 15.2. The summed E-state index contributed by atoms with van der Waals surface area (Å²) in [6, 6.07) is 11.8. The van der Waals surface area contributed by atoms with E-state index in [9.17, 15) is 14.3 Å². The highest BCUT2D eigenvalue weighted by atomic mass is 19.1. The Hall–Kier alpha value is -2.69. The number of benzene rings is 2. The molecule has 0 spiro atoms. The van der Waals surface area contributed by atoms with E-state index < -0.39 is 11.7 Å². The van der Waals surface area contributed by atoms with Gasteiger partial charge in [-0.1, -0.05) is 6.92 Å². The van der Waals surface area contributed by atoms with Gasteiger partial charge < -0.3 is 5.11 Å². The van der Waals surface area contributed by atoms with E-state index in [0.29, 0.717) is 17.7 Å². The summed E-state index contributed by atoms with van der Waals surface area (Å²) in [6.45, 7) is 1.91. The molecule has 2 N–H and O–H groups in total. The third-order valence-electron chi connectivity index (χ3n) is 2.93. The second kappa shape index (κ2) is 6.65. The van der Waals surface area contributed by atoms with E-state index >= 15 is 0 Å². The maximum absolute atomic E-state index is 12.8. The van der Waals surface area contributed by atoms with Crippen molar-refractivity contribution < 1.29 is 14.3 Å². The Morgan fingerprint density at radius 3 is 2.24 bits per heavy atom. The van der Waals surface area contributed by atoms with Gasteiger partial charge in [0.1, 0.15) is 11.6 Å². The van der Waals surface area contributed by atoms with Crippen LogP contribution in [0.2, 0.25) is 0 Å². The Bertz CT molecular complexity index is 649. The molecule has 108 valence electrons. The number of halogens is 1. The Kier molecular flexibility index (Phi) is 4.66. The number of phenolic OH excluding ortho intramolecular Hbond substituents is 1. The van der Waals surface area contributed by atoms with Crippen LogP contribution in [0.4, 0.5) is 4.39 Å². The summed E-state index contributed by atoms with van der Waals surface area (Å²) in [5.74, 6) is -0.627. The number of nitrogens with one attached hydrogen (secondary N) is 1. The van der Waals surface area contributed by atoms with Crippen LogP contribution in [0.5, 0.6) is 5.75 Å². The minimum Gasteiger partial charge on any atom is -0.508 e. The van der Waals surface area contributed by atoms with E-state index in [-0.39, 0.29) is 5.75 Å². The van der Waals surface area contributed by atoms with Gasteiger partial charge in [-0.2, -0.15) is 5.10 Å². The Labute approximate surface area is 121 Å². The molecule has 4 nitrogen and oxygen atoms in total. The lowest BCUT2D eigenvalue weighted by Gasteiger charge is -2.05. The van der Waals surface area contributed by atoms with Gasteiger partial charge in [-0.05, 0) is 60.5 Å². The van der Waals surface area contributed by atoms with Crippen molar-refractivity contribution in [2.75, 3.05) is 0 Å². The first kappa shape index (κ1) is 14.7. The summed E-state index contributed by atoms with van der Waals surface area (Å²) in [7, 11) is 0. The zero-order valence-electron chi connectivity index (χ0n) is 11.5. The summed E-state index contributed by atoms with van der Waals surface area (Å²) in [6.07, 6.45) is 0.620. The van der Waals surface area contributed by atoms with Gasteiger partial charge in [0.15, 0.2) is 0 Å². The minimum absolute atomic E-state index is 0.171. The fourth-order valence-electron chi connectivity index (χ4n) is 1.79. The van der Waals surface area contributed by atoms with Gasteiger partial charge in [-0.3, -0.25) is 4.79 Å². The fraction of sp³-hybridized carbons (Fsp3) is 0.125. The molecule has 0 aliphatic carbocycles. The van der Waals surface area contributed by atoms with E-state index in [2.05, 4.69) is 10.5 Å². The summed E-state index contributed by atoms with van der Waals surface area (Å²) in [5, 5.41) is 13.3. The van der Waals surface area contributed by atoms with Crippen molar-refractivity contribution in [3.63, 3.8) is 0 Å². The number of amides is 1. The van der Waals surface area contributed by atoms with Crippen LogP contribution in [-0.4, -0.2) is 16.7 Å². The lowest BCUT2D eigenvalue weighted by Crippen LogP contribution is -2.20. The number of nitrogens with zero attached hydrogens (tertiary/aromatic N) is 1. The number of rotatable bonds is 4. The lowest BCUT2D eigenvalue weighted by molar-refractivity contribution is 0.0954. The molecule has 0 radical (unpaired) electrons. The van der Waals surface area contributed by atoms with Crippen LogP contribution in [0.25, 0.3) is 0 Å². The van der Waals surface area contributed by atoms with Gasteiger partial charge in [0.25, 0.3) is 5.91 Å². The van der Waals surface area contributed by atoms with Crippen molar-refractivity contribution >= 4 is 11.6 Å². The molecule has 0 unspecified atom stereocenters. The Morgan fingerprint density at radius 1 is 1.10 bits per heavy atom. The summed E-state index contributed by atoms with van der Waals surface area (Å²) in [4.78, 5) is 11.9. The topological polar surface area (TPSA) is 61.7 Å². The van der Waals surface area contributed by atoms with Crippen LogP contribution in [0, 0.1) is 5.82 Å². The quantitative estimate of drug-likeness (QED) is 0.670. The predicted octanol–water partition coefficient (Wildman–Crippen LogP) is 3.08. The molecule has 2 aromatic carbocycles. The monoisotopic (exact) mass is 286 g/mol. The smallest absolute Gasteiger partial charge is 0.271 e. The first-order valence-electron chi connectivity index (χ1n) is 6.52. The number of hydrogen-bond donors (Lipinski definition) is 2. The van der Waals surface area contributed by atoms with Gasteiger partial charge >= 0.3 is 0 Å². The summed E-state index contributed by atoms with van der Waals surface area (Å²) < 4.78 is 12.8. The molecule has 0 aliphatic heterocycles. The van der Waals surface area contributed by atoms with Crippen LogP contribution in [0.15, 0.2) is 53.6 Å². The molecule has 21 heavy (non-hydrogen) atoms. The average molecular weight is 286 g/mol. The largest absolute Gasteiger partial charge is 0.508 e. The highest BCUT2D eigenvalue weighted by Crippen LogP contribution is 2.12. The van der Waals surface area contributed by atoms with Gasteiger partial charge in [-0.25, -0.2) is 9.82 Å². The third-order valence-corrected chi connectivity index (χ3v) is 2.93. The second-order valence-electron chi connectivity index (χ2n) is 4.41. The van der Waals surface area contributed by atoms with E-state index in [1.807, 2.05) is 6.92 Å². The van der Waals surface area contributed by atoms with Crippen LogP contribution >= 0.6 is 0 Å². The molecule has 1 amide bonds. The van der Waals surface area contributed by atoms with Crippen molar-refractivity contribution in [2.24, 2.45) is 5.10 Å². The van der Waals surface area contributed by atoms with Crippen molar-refractivity contribution in [3.8, 4) is 5.75 Å². The van der Waals surface area contributed by atoms with Crippen molar-refractivity contribution in [2.45, 2.75) is 13.3 Å². The Balaban J connectivity index is 2.12. The fourth-order valence-corrected chi connectivity index (χ4v) is 1.79. The first-order chi connectivity index (χ1) is 10.1.